The largest absolute Gasteiger partial charge is 0.481 e. The van der Waals surface area contributed by atoms with Crippen LogP contribution in [0.5, 0.6) is 0 Å². The normalized spacial score (nSPS) is 26.7. The van der Waals surface area contributed by atoms with Crippen LogP contribution in [0.15, 0.2) is 0 Å². The third-order valence-electron chi connectivity index (χ3n) is 3.79. The molecular formula is C13H26N2O2. The van der Waals surface area contributed by atoms with Crippen molar-refractivity contribution < 1.29 is 9.90 Å². The molecule has 1 heterocycles. The lowest BCUT2D eigenvalue weighted by atomic mass is 9.91. The molecule has 2 atom stereocenters. The molecule has 1 saturated heterocycles. The first kappa shape index (κ1) is 14.5. The van der Waals surface area contributed by atoms with Crippen molar-refractivity contribution in [3.63, 3.8) is 0 Å². The summed E-state index contributed by atoms with van der Waals surface area (Å²) in [7, 11) is 0. The standard InChI is InChI=1S/C13H26N2O2/c1-5-10(2)15-11(6-7-12(16)17)8-14-9-13(15,3)4/h10-11,14H,5-9H2,1-4H3,(H,16,17). The van der Waals surface area contributed by atoms with Gasteiger partial charge < -0.3 is 10.4 Å². The molecule has 1 aliphatic rings. The Morgan fingerprint density at radius 1 is 1.59 bits per heavy atom. The average Bonchev–Trinajstić information content (AvgIpc) is 2.24. The molecule has 0 bridgehead atoms. The van der Waals surface area contributed by atoms with Crippen LogP contribution in [0.25, 0.3) is 0 Å². The molecule has 100 valence electrons. The van der Waals surface area contributed by atoms with Crippen molar-refractivity contribution in [3.05, 3.63) is 0 Å². The number of nitrogens with zero attached hydrogens (tertiary/aromatic N) is 1. The second kappa shape index (κ2) is 5.83. The molecule has 1 rings (SSSR count). The van der Waals surface area contributed by atoms with Gasteiger partial charge in [-0.3, -0.25) is 9.69 Å². The number of piperazine rings is 1. The maximum Gasteiger partial charge on any atom is 0.303 e. The topological polar surface area (TPSA) is 52.6 Å². The van der Waals surface area contributed by atoms with E-state index in [1.54, 1.807) is 0 Å². The Morgan fingerprint density at radius 3 is 2.76 bits per heavy atom. The quantitative estimate of drug-likeness (QED) is 0.770. The molecule has 0 spiro atoms. The van der Waals surface area contributed by atoms with Crippen molar-refractivity contribution >= 4 is 5.97 Å². The third kappa shape index (κ3) is 3.68. The summed E-state index contributed by atoms with van der Waals surface area (Å²) >= 11 is 0. The van der Waals surface area contributed by atoms with E-state index in [-0.39, 0.29) is 12.0 Å². The van der Waals surface area contributed by atoms with E-state index >= 15 is 0 Å². The molecule has 0 aromatic rings. The van der Waals surface area contributed by atoms with Gasteiger partial charge in [0.05, 0.1) is 0 Å². The van der Waals surface area contributed by atoms with Gasteiger partial charge in [-0.2, -0.15) is 0 Å². The molecule has 0 aliphatic carbocycles. The van der Waals surface area contributed by atoms with Crippen LogP contribution in [0.1, 0.15) is 47.0 Å². The lowest BCUT2D eigenvalue weighted by molar-refractivity contribution is -0.137. The van der Waals surface area contributed by atoms with Gasteiger partial charge in [-0.15, -0.1) is 0 Å². The minimum absolute atomic E-state index is 0.108. The van der Waals surface area contributed by atoms with E-state index < -0.39 is 5.97 Å². The fraction of sp³-hybridized carbons (Fsp3) is 0.923. The SMILES string of the molecule is CCC(C)N1C(CCC(=O)O)CNCC1(C)C. The zero-order valence-corrected chi connectivity index (χ0v) is 11.5. The molecule has 17 heavy (non-hydrogen) atoms. The van der Waals surface area contributed by atoms with E-state index in [9.17, 15) is 4.79 Å². The highest BCUT2D eigenvalue weighted by atomic mass is 16.4. The molecule has 1 aliphatic heterocycles. The maximum atomic E-state index is 10.7. The summed E-state index contributed by atoms with van der Waals surface area (Å²) in [4.78, 5) is 13.2. The van der Waals surface area contributed by atoms with Gasteiger partial charge in [0.1, 0.15) is 0 Å². The summed E-state index contributed by atoms with van der Waals surface area (Å²) in [6, 6.07) is 0.843. The van der Waals surface area contributed by atoms with Gasteiger partial charge in [-0.1, -0.05) is 6.92 Å². The first-order chi connectivity index (χ1) is 7.88. The molecular weight excluding hydrogens is 216 g/mol. The van der Waals surface area contributed by atoms with Gasteiger partial charge in [-0.05, 0) is 33.6 Å². The van der Waals surface area contributed by atoms with Gasteiger partial charge in [0.25, 0.3) is 0 Å². The number of rotatable bonds is 5. The van der Waals surface area contributed by atoms with Gasteiger partial charge in [0.2, 0.25) is 0 Å². The fourth-order valence-electron chi connectivity index (χ4n) is 2.91. The molecule has 1 fully saturated rings. The first-order valence-electron chi connectivity index (χ1n) is 6.59. The Morgan fingerprint density at radius 2 is 2.24 bits per heavy atom. The fourth-order valence-corrected chi connectivity index (χ4v) is 2.91. The second-order valence-corrected chi connectivity index (χ2v) is 5.69. The number of nitrogens with one attached hydrogen (secondary N) is 1. The van der Waals surface area contributed by atoms with Crippen molar-refractivity contribution in [2.75, 3.05) is 13.1 Å². The molecule has 0 amide bonds. The lowest BCUT2D eigenvalue weighted by Gasteiger charge is -2.51. The van der Waals surface area contributed by atoms with Crippen LogP contribution in [-0.4, -0.2) is 46.7 Å². The Kier molecular flexibility index (Phi) is 4.95. The van der Waals surface area contributed by atoms with E-state index in [0.29, 0.717) is 12.1 Å². The number of hydrogen-bond donors (Lipinski definition) is 2. The summed E-state index contributed by atoms with van der Waals surface area (Å²) in [5.41, 5.74) is 0.108. The van der Waals surface area contributed by atoms with Crippen LogP contribution in [0.2, 0.25) is 0 Å². The monoisotopic (exact) mass is 242 g/mol. The predicted octanol–water partition coefficient (Wildman–Crippen LogP) is 1.70. The smallest absolute Gasteiger partial charge is 0.303 e. The van der Waals surface area contributed by atoms with E-state index in [2.05, 4.69) is 37.9 Å². The van der Waals surface area contributed by atoms with E-state index in [0.717, 1.165) is 25.9 Å². The minimum atomic E-state index is -0.697. The van der Waals surface area contributed by atoms with Crippen molar-refractivity contribution in [1.82, 2.24) is 10.2 Å². The van der Waals surface area contributed by atoms with E-state index in [4.69, 9.17) is 5.11 Å². The van der Waals surface area contributed by atoms with Crippen LogP contribution < -0.4 is 5.32 Å². The molecule has 0 aromatic heterocycles. The highest BCUT2D eigenvalue weighted by Crippen LogP contribution is 2.27. The lowest BCUT2D eigenvalue weighted by Crippen LogP contribution is -2.65. The van der Waals surface area contributed by atoms with Crippen LogP contribution >= 0.6 is 0 Å². The van der Waals surface area contributed by atoms with Crippen LogP contribution in [0.3, 0.4) is 0 Å². The van der Waals surface area contributed by atoms with Crippen LogP contribution in [0.4, 0.5) is 0 Å². The number of aliphatic carboxylic acids is 1. The summed E-state index contributed by atoms with van der Waals surface area (Å²) in [5.74, 6) is -0.697. The Hall–Kier alpha value is -0.610. The number of carboxylic acids is 1. The summed E-state index contributed by atoms with van der Waals surface area (Å²) in [5, 5.41) is 12.2. The molecule has 4 nitrogen and oxygen atoms in total. The first-order valence-corrected chi connectivity index (χ1v) is 6.59. The molecule has 2 N–H and O–H groups in total. The number of hydrogen-bond acceptors (Lipinski definition) is 3. The van der Waals surface area contributed by atoms with Crippen molar-refractivity contribution in [2.24, 2.45) is 0 Å². The maximum absolute atomic E-state index is 10.7. The summed E-state index contributed by atoms with van der Waals surface area (Å²) in [6.07, 6.45) is 2.10. The van der Waals surface area contributed by atoms with Crippen molar-refractivity contribution in [3.8, 4) is 0 Å². The Balaban J connectivity index is 2.74. The average molecular weight is 242 g/mol. The highest BCUT2D eigenvalue weighted by molar-refractivity contribution is 5.66. The molecule has 0 saturated carbocycles. The predicted molar refractivity (Wildman–Crippen MR) is 69.2 cm³/mol. The van der Waals surface area contributed by atoms with Gasteiger partial charge in [0, 0.05) is 37.1 Å². The number of carbonyl (C=O) groups is 1. The minimum Gasteiger partial charge on any atom is -0.481 e. The summed E-state index contributed by atoms with van der Waals surface area (Å²) < 4.78 is 0. The number of carboxylic acid groups (broad SMARTS) is 1. The van der Waals surface area contributed by atoms with Gasteiger partial charge >= 0.3 is 5.97 Å². The van der Waals surface area contributed by atoms with Crippen molar-refractivity contribution in [1.29, 1.82) is 0 Å². The van der Waals surface area contributed by atoms with E-state index in [1.165, 1.54) is 0 Å². The zero-order valence-electron chi connectivity index (χ0n) is 11.5. The molecule has 0 radical (unpaired) electrons. The van der Waals surface area contributed by atoms with Crippen LogP contribution in [-0.2, 0) is 4.79 Å². The second-order valence-electron chi connectivity index (χ2n) is 5.69. The summed E-state index contributed by atoms with van der Waals surface area (Å²) in [6.45, 7) is 10.8. The molecule has 4 heteroatoms. The van der Waals surface area contributed by atoms with Crippen LogP contribution in [0, 0.1) is 0 Å². The third-order valence-corrected chi connectivity index (χ3v) is 3.79. The Bertz CT molecular complexity index is 266. The molecule has 0 aromatic carbocycles. The zero-order chi connectivity index (χ0) is 13.1. The Labute approximate surface area is 104 Å². The molecule has 2 unspecified atom stereocenters. The van der Waals surface area contributed by atoms with Crippen molar-refractivity contribution in [2.45, 2.75) is 64.6 Å². The van der Waals surface area contributed by atoms with E-state index in [1.807, 2.05) is 0 Å². The van der Waals surface area contributed by atoms with Gasteiger partial charge in [0.15, 0.2) is 0 Å². The van der Waals surface area contributed by atoms with Gasteiger partial charge in [-0.25, -0.2) is 0 Å². The highest BCUT2D eigenvalue weighted by Gasteiger charge is 2.38.